The van der Waals surface area contributed by atoms with Gasteiger partial charge in [0.2, 0.25) is 0 Å². The Bertz CT molecular complexity index is 406. The number of anilines is 2. The second-order valence-electron chi connectivity index (χ2n) is 4.68. The number of nitrogens with two attached hydrogens (primary N) is 2. The fraction of sp³-hybridized carbons (Fsp3) is 0.462. The highest BCUT2D eigenvalue weighted by atomic mass is 16.2. The molecule has 0 radical (unpaired) electrons. The molecule has 4 heteroatoms. The number of carbonyl (C=O) groups excluding carboxylic acids is 1. The Balaban J connectivity index is 2.15. The van der Waals surface area contributed by atoms with E-state index < -0.39 is 0 Å². The van der Waals surface area contributed by atoms with Crippen LogP contribution in [0.5, 0.6) is 0 Å². The van der Waals surface area contributed by atoms with E-state index in [9.17, 15) is 4.79 Å². The van der Waals surface area contributed by atoms with Crippen LogP contribution in [0.4, 0.5) is 11.4 Å². The summed E-state index contributed by atoms with van der Waals surface area (Å²) < 4.78 is 0. The lowest BCUT2D eigenvalue weighted by molar-refractivity contribution is 0.0757. The van der Waals surface area contributed by atoms with Crippen LogP contribution in [0, 0.1) is 5.92 Å². The summed E-state index contributed by atoms with van der Waals surface area (Å²) in [6.07, 6.45) is 2.48. The van der Waals surface area contributed by atoms with Gasteiger partial charge in [-0.1, -0.05) is 0 Å². The summed E-state index contributed by atoms with van der Waals surface area (Å²) in [5.74, 6) is 0.718. The van der Waals surface area contributed by atoms with Gasteiger partial charge in [-0.2, -0.15) is 0 Å². The highest BCUT2D eigenvalue weighted by Crippen LogP contribution is 2.30. The molecule has 4 N–H and O–H groups in total. The minimum atomic E-state index is 0.0263. The average Bonchev–Trinajstić information content (AvgIpc) is 3.07. The number of rotatable bonds is 4. The van der Waals surface area contributed by atoms with E-state index in [1.807, 2.05) is 11.8 Å². The van der Waals surface area contributed by atoms with Crippen molar-refractivity contribution in [1.29, 1.82) is 0 Å². The Morgan fingerprint density at radius 2 is 1.88 bits per heavy atom. The first-order chi connectivity index (χ1) is 8.10. The normalized spacial score (nSPS) is 14.6. The quantitative estimate of drug-likeness (QED) is 0.778. The molecule has 1 aliphatic carbocycles. The smallest absolute Gasteiger partial charge is 0.254 e. The van der Waals surface area contributed by atoms with Gasteiger partial charge in [0.05, 0.1) is 0 Å². The lowest BCUT2D eigenvalue weighted by Crippen LogP contribution is -2.32. The van der Waals surface area contributed by atoms with E-state index in [1.54, 1.807) is 18.2 Å². The first-order valence-corrected chi connectivity index (χ1v) is 6.05. The molecule has 1 aliphatic rings. The van der Waals surface area contributed by atoms with Gasteiger partial charge in [-0.05, 0) is 43.9 Å². The van der Waals surface area contributed by atoms with Gasteiger partial charge in [0, 0.05) is 30.0 Å². The maximum Gasteiger partial charge on any atom is 0.254 e. The topological polar surface area (TPSA) is 72.3 Å². The molecule has 92 valence electrons. The second-order valence-corrected chi connectivity index (χ2v) is 4.68. The Hall–Kier alpha value is -1.71. The largest absolute Gasteiger partial charge is 0.399 e. The lowest BCUT2D eigenvalue weighted by atomic mass is 10.1. The van der Waals surface area contributed by atoms with Gasteiger partial charge in [0.15, 0.2) is 0 Å². The molecule has 4 nitrogen and oxygen atoms in total. The van der Waals surface area contributed by atoms with Crippen LogP contribution in [0.25, 0.3) is 0 Å². The molecule has 1 amide bonds. The van der Waals surface area contributed by atoms with Gasteiger partial charge < -0.3 is 16.4 Å². The fourth-order valence-corrected chi connectivity index (χ4v) is 1.95. The highest BCUT2D eigenvalue weighted by Gasteiger charge is 2.26. The summed E-state index contributed by atoms with van der Waals surface area (Å²) in [5.41, 5.74) is 13.1. The van der Waals surface area contributed by atoms with Crippen molar-refractivity contribution < 1.29 is 4.79 Å². The van der Waals surface area contributed by atoms with Gasteiger partial charge in [0.1, 0.15) is 0 Å². The van der Waals surface area contributed by atoms with Crippen LogP contribution in [-0.2, 0) is 0 Å². The van der Waals surface area contributed by atoms with E-state index in [4.69, 9.17) is 11.5 Å². The van der Waals surface area contributed by atoms with Crippen LogP contribution in [-0.4, -0.2) is 23.9 Å². The minimum Gasteiger partial charge on any atom is -0.399 e. The molecule has 0 unspecified atom stereocenters. The van der Waals surface area contributed by atoms with Gasteiger partial charge in [0.25, 0.3) is 5.91 Å². The van der Waals surface area contributed by atoms with Crippen LogP contribution in [0.1, 0.15) is 30.1 Å². The monoisotopic (exact) mass is 233 g/mol. The van der Waals surface area contributed by atoms with E-state index in [0.717, 1.165) is 13.1 Å². The van der Waals surface area contributed by atoms with Crippen LogP contribution in [0.15, 0.2) is 18.2 Å². The number of hydrogen-bond donors (Lipinski definition) is 2. The molecule has 0 atom stereocenters. The van der Waals surface area contributed by atoms with Crippen LogP contribution < -0.4 is 11.5 Å². The lowest BCUT2D eigenvalue weighted by Gasteiger charge is -2.21. The molecule has 0 saturated heterocycles. The van der Waals surface area contributed by atoms with E-state index >= 15 is 0 Å². The van der Waals surface area contributed by atoms with Crippen LogP contribution in [0.2, 0.25) is 0 Å². The molecule has 17 heavy (non-hydrogen) atoms. The van der Waals surface area contributed by atoms with E-state index in [0.29, 0.717) is 22.9 Å². The molecule has 1 aromatic carbocycles. The zero-order chi connectivity index (χ0) is 12.4. The van der Waals surface area contributed by atoms with Crippen molar-refractivity contribution in [2.45, 2.75) is 19.8 Å². The fourth-order valence-electron chi connectivity index (χ4n) is 1.95. The molecule has 0 spiro atoms. The first kappa shape index (κ1) is 11.8. The molecule has 1 aromatic rings. The molecular weight excluding hydrogens is 214 g/mol. The SMILES string of the molecule is CCN(CC1CC1)C(=O)c1cc(N)cc(N)c1. The third-order valence-electron chi connectivity index (χ3n) is 3.07. The van der Waals surface area contributed by atoms with Crippen LogP contribution in [0.3, 0.4) is 0 Å². The summed E-state index contributed by atoms with van der Waals surface area (Å²) in [6.45, 7) is 3.57. The molecule has 1 fully saturated rings. The van der Waals surface area contributed by atoms with Crippen molar-refractivity contribution in [2.24, 2.45) is 5.92 Å². The van der Waals surface area contributed by atoms with Crippen molar-refractivity contribution in [3.63, 3.8) is 0 Å². The van der Waals surface area contributed by atoms with Gasteiger partial charge in [-0.25, -0.2) is 0 Å². The zero-order valence-corrected chi connectivity index (χ0v) is 10.1. The van der Waals surface area contributed by atoms with Crippen molar-refractivity contribution >= 4 is 17.3 Å². The number of nitrogens with zero attached hydrogens (tertiary/aromatic N) is 1. The summed E-state index contributed by atoms with van der Waals surface area (Å²) in [4.78, 5) is 14.1. The standard InChI is InChI=1S/C13H19N3O/c1-2-16(8-9-3-4-9)13(17)10-5-11(14)7-12(15)6-10/h5-7,9H,2-4,8,14-15H2,1H3. The summed E-state index contributed by atoms with van der Waals surface area (Å²) >= 11 is 0. The van der Waals surface area contributed by atoms with Crippen LogP contribution >= 0.6 is 0 Å². The van der Waals surface area contributed by atoms with Crippen molar-refractivity contribution in [2.75, 3.05) is 24.6 Å². The highest BCUT2D eigenvalue weighted by molar-refractivity contribution is 5.96. The molecule has 1 saturated carbocycles. The molecule has 0 bridgehead atoms. The van der Waals surface area contributed by atoms with Gasteiger partial charge in [-0.3, -0.25) is 4.79 Å². The third-order valence-corrected chi connectivity index (χ3v) is 3.07. The number of amides is 1. The number of hydrogen-bond acceptors (Lipinski definition) is 3. The van der Waals surface area contributed by atoms with Gasteiger partial charge in [-0.15, -0.1) is 0 Å². The van der Waals surface area contributed by atoms with E-state index in [2.05, 4.69) is 0 Å². The summed E-state index contributed by atoms with van der Waals surface area (Å²) in [6, 6.07) is 5.04. The molecule has 0 heterocycles. The van der Waals surface area contributed by atoms with E-state index in [1.165, 1.54) is 12.8 Å². The molecule has 0 aromatic heterocycles. The second kappa shape index (κ2) is 4.65. The Morgan fingerprint density at radius 1 is 1.29 bits per heavy atom. The zero-order valence-electron chi connectivity index (χ0n) is 10.1. The first-order valence-electron chi connectivity index (χ1n) is 6.05. The van der Waals surface area contributed by atoms with Crippen molar-refractivity contribution in [3.05, 3.63) is 23.8 Å². The third kappa shape index (κ3) is 2.90. The van der Waals surface area contributed by atoms with E-state index in [-0.39, 0.29) is 5.91 Å². The Kier molecular flexibility index (Phi) is 3.22. The summed E-state index contributed by atoms with van der Waals surface area (Å²) in [7, 11) is 0. The average molecular weight is 233 g/mol. The summed E-state index contributed by atoms with van der Waals surface area (Å²) in [5, 5.41) is 0. The number of carbonyl (C=O) groups is 1. The van der Waals surface area contributed by atoms with Crippen molar-refractivity contribution in [1.82, 2.24) is 4.90 Å². The minimum absolute atomic E-state index is 0.0263. The molecule has 2 rings (SSSR count). The maximum absolute atomic E-state index is 12.3. The predicted molar refractivity (Wildman–Crippen MR) is 69.6 cm³/mol. The number of nitrogen functional groups attached to an aromatic ring is 2. The van der Waals surface area contributed by atoms with Crippen molar-refractivity contribution in [3.8, 4) is 0 Å². The van der Waals surface area contributed by atoms with Gasteiger partial charge >= 0.3 is 0 Å². The molecule has 0 aliphatic heterocycles. The molecular formula is C13H19N3O. The number of benzene rings is 1. The Labute approximate surface area is 102 Å². The Morgan fingerprint density at radius 3 is 2.35 bits per heavy atom. The maximum atomic E-state index is 12.3. The predicted octanol–water partition coefficient (Wildman–Crippen LogP) is 1.72.